The second-order valence-electron chi connectivity index (χ2n) is 9.13. The molecule has 1 fully saturated rings. The number of aromatic nitrogens is 1. The standard InChI is InChI=1S/C27H30ClN5O4/c1-36-24-7-6-18(28)14-23(24)31-25(34)17-32-9-8-22-20(16-32)27(19-4-2-3-5-21(19)30-22)29-15-26(35)33-10-12-37-13-11-33/h2-7,14H,8-13,15-17H2,1H3,(H,29,30)(H,31,34). The van der Waals surface area contributed by atoms with Crippen molar-refractivity contribution in [3.05, 3.63) is 58.7 Å². The first kappa shape index (κ1) is 25.3. The number of benzene rings is 2. The van der Waals surface area contributed by atoms with E-state index in [4.69, 9.17) is 26.1 Å². The SMILES string of the molecule is COc1ccc(Cl)cc1NC(=O)CN1CCc2nc3ccccc3c(NCC(=O)N3CCOCC3)c2C1. The van der Waals surface area contributed by atoms with Gasteiger partial charge in [0.2, 0.25) is 11.8 Å². The van der Waals surface area contributed by atoms with E-state index in [1.807, 2.05) is 29.2 Å². The molecule has 194 valence electrons. The van der Waals surface area contributed by atoms with Crippen molar-refractivity contribution in [2.75, 3.05) is 63.7 Å². The molecule has 0 atom stereocenters. The Labute approximate surface area is 220 Å². The minimum absolute atomic E-state index is 0.0421. The number of morpholine rings is 1. The van der Waals surface area contributed by atoms with E-state index in [9.17, 15) is 9.59 Å². The van der Waals surface area contributed by atoms with Crippen LogP contribution in [0, 0.1) is 0 Å². The molecule has 9 nitrogen and oxygen atoms in total. The number of hydrogen-bond donors (Lipinski definition) is 2. The lowest BCUT2D eigenvalue weighted by Gasteiger charge is -2.31. The molecule has 0 aliphatic carbocycles. The molecule has 0 bridgehead atoms. The number of anilines is 2. The first-order valence-corrected chi connectivity index (χ1v) is 12.8. The van der Waals surface area contributed by atoms with Gasteiger partial charge in [-0.05, 0) is 24.3 Å². The summed E-state index contributed by atoms with van der Waals surface area (Å²) in [5.74, 6) is 0.434. The predicted molar refractivity (Wildman–Crippen MR) is 143 cm³/mol. The lowest BCUT2D eigenvalue weighted by atomic mass is 9.99. The number of nitrogens with zero attached hydrogens (tertiary/aromatic N) is 3. The molecular formula is C27H30ClN5O4. The van der Waals surface area contributed by atoms with Gasteiger partial charge in [-0.2, -0.15) is 0 Å². The average molecular weight is 524 g/mol. The van der Waals surface area contributed by atoms with Crippen molar-refractivity contribution in [3.63, 3.8) is 0 Å². The summed E-state index contributed by atoms with van der Waals surface area (Å²) in [6.07, 6.45) is 0.708. The number of methoxy groups -OCH3 is 1. The van der Waals surface area contributed by atoms with Crippen LogP contribution in [0.4, 0.5) is 11.4 Å². The minimum atomic E-state index is -0.158. The number of halogens is 1. The number of rotatable bonds is 7. The summed E-state index contributed by atoms with van der Waals surface area (Å²) in [5, 5.41) is 7.81. The topological polar surface area (TPSA) is 96.0 Å². The van der Waals surface area contributed by atoms with Crippen LogP contribution in [0.3, 0.4) is 0 Å². The van der Waals surface area contributed by atoms with E-state index in [-0.39, 0.29) is 24.9 Å². The fourth-order valence-electron chi connectivity index (χ4n) is 4.84. The summed E-state index contributed by atoms with van der Waals surface area (Å²) in [6, 6.07) is 13.1. The molecule has 2 N–H and O–H groups in total. The zero-order chi connectivity index (χ0) is 25.8. The van der Waals surface area contributed by atoms with Crippen molar-refractivity contribution in [1.82, 2.24) is 14.8 Å². The fraction of sp³-hybridized carbons (Fsp3) is 0.370. The molecule has 3 aromatic rings. The van der Waals surface area contributed by atoms with Crippen LogP contribution in [0.2, 0.25) is 5.02 Å². The first-order valence-electron chi connectivity index (χ1n) is 12.4. The number of nitrogens with one attached hydrogen (secondary N) is 2. The molecule has 1 saturated heterocycles. The van der Waals surface area contributed by atoms with E-state index in [0.29, 0.717) is 62.3 Å². The Hall–Kier alpha value is -3.40. The van der Waals surface area contributed by atoms with Crippen LogP contribution in [0.15, 0.2) is 42.5 Å². The third kappa shape index (κ3) is 5.79. The van der Waals surface area contributed by atoms with Crippen molar-refractivity contribution < 1.29 is 19.1 Å². The molecule has 0 saturated carbocycles. The van der Waals surface area contributed by atoms with E-state index in [2.05, 4.69) is 15.5 Å². The quantitative estimate of drug-likeness (QED) is 0.491. The Morgan fingerprint density at radius 2 is 1.95 bits per heavy atom. The molecule has 10 heteroatoms. The Kier molecular flexibility index (Phi) is 7.73. The fourth-order valence-corrected chi connectivity index (χ4v) is 5.01. The molecule has 2 aliphatic heterocycles. The molecule has 1 aromatic heterocycles. The molecule has 0 unspecified atom stereocenters. The molecule has 37 heavy (non-hydrogen) atoms. The molecular weight excluding hydrogens is 494 g/mol. The lowest BCUT2D eigenvalue weighted by Crippen LogP contribution is -2.43. The van der Waals surface area contributed by atoms with Crippen LogP contribution in [0.25, 0.3) is 10.9 Å². The van der Waals surface area contributed by atoms with Gasteiger partial charge in [0.1, 0.15) is 5.75 Å². The summed E-state index contributed by atoms with van der Waals surface area (Å²) >= 11 is 6.11. The van der Waals surface area contributed by atoms with Gasteiger partial charge in [-0.15, -0.1) is 0 Å². The number of hydrogen-bond acceptors (Lipinski definition) is 7. The highest BCUT2D eigenvalue weighted by Crippen LogP contribution is 2.33. The molecule has 5 rings (SSSR count). The van der Waals surface area contributed by atoms with Crippen molar-refractivity contribution in [2.24, 2.45) is 0 Å². The van der Waals surface area contributed by atoms with Crippen LogP contribution < -0.4 is 15.4 Å². The van der Waals surface area contributed by atoms with E-state index >= 15 is 0 Å². The third-order valence-electron chi connectivity index (χ3n) is 6.71. The van der Waals surface area contributed by atoms with E-state index in [0.717, 1.165) is 27.8 Å². The summed E-state index contributed by atoms with van der Waals surface area (Å²) in [4.78, 5) is 34.6. The highest BCUT2D eigenvalue weighted by Gasteiger charge is 2.25. The van der Waals surface area contributed by atoms with Gasteiger partial charge in [0.25, 0.3) is 0 Å². The van der Waals surface area contributed by atoms with Crippen molar-refractivity contribution in [2.45, 2.75) is 13.0 Å². The predicted octanol–water partition coefficient (Wildman–Crippen LogP) is 3.16. The third-order valence-corrected chi connectivity index (χ3v) is 6.94. The second kappa shape index (κ2) is 11.3. The van der Waals surface area contributed by atoms with Crippen LogP contribution in [0.1, 0.15) is 11.3 Å². The Morgan fingerprint density at radius 3 is 2.76 bits per heavy atom. The van der Waals surface area contributed by atoms with Crippen molar-refractivity contribution in [3.8, 4) is 5.75 Å². The number of pyridine rings is 1. The van der Waals surface area contributed by atoms with Crippen molar-refractivity contribution in [1.29, 1.82) is 0 Å². The van der Waals surface area contributed by atoms with Crippen LogP contribution in [0.5, 0.6) is 5.75 Å². The number of ether oxygens (including phenoxy) is 2. The summed E-state index contributed by atoms with van der Waals surface area (Å²) < 4.78 is 10.7. The second-order valence-corrected chi connectivity index (χ2v) is 9.57. The highest BCUT2D eigenvalue weighted by atomic mass is 35.5. The lowest BCUT2D eigenvalue weighted by molar-refractivity contribution is -0.133. The average Bonchev–Trinajstić information content (AvgIpc) is 2.91. The first-order chi connectivity index (χ1) is 18.0. The van der Waals surface area contributed by atoms with E-state index in [1.54, 1.807) is 25.3 Å². The molecule has 2 aliphatic rings. The van der Waals surface area contributed by atoms with Gasteiger partial charge in [-0.1, -0.05) is 29.8 Å². The van der Waals surface area contributed by atoms with Gasteiger partial charge in [-0.25, -0.2) is 0 Å². The van der Waals surface area contributed by atoms with Crippen LogP contribution >= 0.6 is 11.6 Å². The van der Waals surface area contributed by atoms with E-state index < -0.39 is 0 Å². The number of amides is 2. The van der Waals surface area contributed by atoms with Crippen molar-refractivity contribution >= 4 is 45.7 Å². The Bertz CT molecular complexity index is 1310. The van der Waals surface area contributed by atoms with Gasteiger partial charge in [0, 0.05) is 54.3 Å². The van der Waals surface area contributed by atoms with Crippen LogP contribution in [-0.2, 0) is 27.3 Å². The molecule has 2 amide bonds. The monoisotopic (exact) mass is 523 g/mol. The molecule has 3 heterocycles. The van der Waals surface area contributed by atoms with E-state index in [1.165, 1.54) is 0 Å². The summed E-state index contributed by atoms with van der Waals surface area (Å²) in [5.41, 5.74) is 4.35. The Balaban J connectivity index is 1.33. The Morgan fingerprint density at radius 1 is 1.14 bits per heavy atom. The zero-order valence-corrected chi connectivity index (χ0v) is 21.5. The van der Waals surface area contributed by atoms with Gasteiger partial charge in [0.15, 0.2) is 0 Å². The molecule has 2 aromatic carbocycles. The zero-order valence-electron chi connectivity index (χ0n) is 20.8. The van der Waals surface area contributed by atoms with Gasteiger partial charge in [-0.3, -0.25) is 19.5 Å². The largest absolute Gasteiger partial charge is 0.495 e. The van der Waals surface area contributed by atoms with Gasteiger partial charge >= 0.3 is 0 Å². The van der Waals surface area contributed by atoms with Gasteiger partial charge < -0.3 is 25.0 Å². The number of carbonyl (C=O) groups excluding carboxylic acids is 2. The maximum absolute atomic E-state index is 12.9. The summed E-state index contributed by atoms with van der Waals surface area (Å²) in [6.45, 7) is 3.98. The number of para-hydroxylation sites is 1. The maximum atomic E-state index is 12.9. The smallest absolute Gasteiger partial charge is 0.242 e. The normalized spacial score (nSPS) is 15.8. The highest BCUT2D eigenvalue weighted by molar-refractivity contribution is 6.31. The number of carbonyl (C=O) groups is 2. The minimum Gasteiger partial charge on any atom is -0.495 e. The summed E-state index contributed by atoms with van der Waals surface area (Å²) in [7, 11) is 1.55. The van der Waals surface area contributed by atoms with Crippen LogP contribution in [-0.4, -0.2) is 79.6 Å². The maximum Gasteiger partial charge on any atom is 0.242 e. The number of fused-ring (bicyclic) bond motifs is 2. The molecule has 0 radical (unpaired) electrons. The molecule has 0 spiro atoms. The van der Waals surface area contributed by atoms with Gasteiger partial charge in [0.05, 0.1) is 50.3 Å².